The summed E-state index contributed by atoms with van der Waals surface area (Å²) in [5.74, 6) is 0.762. The molecule has 8 heteroatoms. The molecule has 2 N–H and O–H groups in total. The topological polar surface area (TPSA) is 86.3 Å². The van der Waals surface area contributed by atoms with Crippen LogP contribution >= 0.6 is 0 Å². The summed E-state index contributed by atoms with van der Waals surface area (Å²) >= 11 is 0. The second kappa shape index (κ2) is 9.62. The fourth-order valence-corrected chi connectivity index (χ4v) is 4.87. The molecule has 1 fully saturated rings. The highest BCUT2D eigenvalue weighted by molar-refractivity contribution is 6.08. The molecule has 1 saturated heterocycles. The van der Waals surface area contributed by atoms with Crippen LogP contribution in [0.1, 0.15) is 27.2 Å². The SMILES string of the molecule is Cc1cc(C)c(CNC(=O)c2cc(-c3ccc(N4CCN(C)CC4)nc3)cc3c2ccn3C)c(=O)[nH]1. The van der Waals surface area contributed by atoms with E-state index in [9.17, 15) is 9.59 Å². The first-order chi connectivity index (χ1) is 17.3. The quantitative estimate of drug-likeness (QED) is 0.454. The Labute approximate surface area is 210 Å². The summed E-state index contributed by atoms with van der Waals surface area (Å²) in [4.78, 5) is 37.9. The second-order valence-corrected chi connectivity index (χ2v) is 9.70. The number of nitrogens with zero attached hydrogens (tertiary/aromatic N) is 4. The average molecular weight is 485 g/mol. The first-order valence-corrected chi connectivity index (χ1v) is 12.3. The van der Waals surface area contributed by atoms with Gasteiger partial charge in [-0.1, -0.05) is 0 Å². The number of aromatic nitrogens is 3. The van der Waals surface area contributed by atoms with Crippen LogP contribution in [-0.2, 0) is 13.6 Å². The smallest absolute Gasteiger partial charge is 0.253 e. The van der Waals surface area contributed by atoms with Crippen LogP contribution in [0.25, 0.3) is 22.0 Å². The van der Waals surface area contributed by atoms with Crippen molar-refractivity contribution in [3.05, 3.63) is 81.5 Å². The number of fused-ring (bicyclic) bond motifs is 1. The molecular formula is C28H32N6O2. The van der Waals surface area contributed by atoms with Crippen molar-refractivity contribution >= 4 is 22.6 Å². The molecule has 1 aliphatic heterocycles. The first-order valence-electron chi connectivity index (χ1n) is 12.3. The Bertz CT molecular complexity index is 1480. The number of hydrogen-bond donors (Lipinski definition) is 2. The van der Waals surface area contributed by atoms with E-state index in [0.29, 0.717) is 11.1 Å². The van der Waals surface area contributed by atoms with Crippen molar-refractivity contribution < 1.29 is 4.79 Å². The number of piperazine rings is 1. The molecule has 0 spiro atoms. The number of nitrogens with one attached hydrogen (secondary N) is 2. The van der Waals surface area contributed by atoms with Gasteiger partial charge in [0.2, 0.25) is 0 Å². The molecule has 0 aliphatic carbocycles. The van der Waals surface area contributed by atoms with Crippen LogP contribution in [-0.4, -0.2) is 58.6 Å². The van der Waals surface area contributed by atoms with Crippen molar-refractivity contribution in [2.45, 2.75) is 20.4 Å². The fraction of sp³-hybridized carbons (Fsp3) is 0.321. The van der Waals surface area contributed by atoms with Crippen molar-refractivity contribution in [3.8, 4) is 11.1 Å². The van der Waals surface area contributed by atoms with Gasteiger partial charge in [-0.2, -0.15) is 0 Å². The van der Waals surface area contributed by atoms with E-state index in [0.717, 1.165) is 65.3 Å². The molecule has 186 valence electrons. The Morgan fingerprint density at radius 1 is 1.03 bits per heavy atom. The number of H-pyrrole nitrogens is 1. The van der Waals surface area contributed by atoms with E-state index in [-0.39, 0.29) is 18.0 Å². The van der Waals surface area contributed by atoms with Crippen molar-refractivity contribution in [2.24, 2.45) is 7.05 Å². The minimum absolute atomic E-state index is 0.167. The van der Waals surface area contributed by atoms with Crippen LogP contribution in [0.3, 0.4) is 0 Å². The van der Waals surface area contributed by atoms with Gasteiger partial charge in [-0.25, -0.2) is 4.98 Å². The van der Waals surface area contributed by atoms with Gasteiger partial charge in [0.25, 0.3) is 11.5 Å². The molecule has 0 unspecified atom stereocenters. The Morgan fingerprint density at radius 3 is 2.50 bits per heavy atom. The molecule has 36 heavy (non-hydrogen) atoms. The van der Waals surface area contributed by atoms with Crippen molar-refractivity contribution in [1.29, 1.82) is 0 Å². The van der Waals surface area contributed by atoms with Gasteiger partial charge in [0.15, 0.2) is 0 Å². The van der Waals surface area contributed by atoms with E-state index in [4.69, 9.17) is 4.98 Å². The van der Waals surface area contributed by atoms with Crippen LogP contribution in [0.5, 0.6) is 0 Å². The van der Waals surface area contributed by atoms with Crippen LogP contribution in [0, 0.1) is 13.8 Å². The van der Waals surface area contributed by atoms with Gasteiger partial charge >= 0.3 is 0 Å². The van der Waals surface area contributed by atoms with Crippen LogP contribution in [0.15, 0.2) is 53.6 Å². The number of amides is 1. The maximum Gasteiger partial charge on any atom is 0.253 e. The normalized spacial score (nSPS) is 14.4. The highest BCUT2D eigenvalue weighted by atomic mass is 16.1. The summed E-state index contributed by atoms with van der Waals surface area (Å²) < 4.78 is 2.01. The molecule has 0 saturated carbocycles. The van der Waals surface area contributed by atoms with Gasteiger partial charge < -0.3 is 24.7 Å². The van der Waals surface area contributed by atoms with Crippen LogP contribution in [0.2, 0.25) is 0 Å². The Hall–Kier alpha value is -3.91. The molecule has 1 aromatic carbocycles. The summed E-state index contributed by atoms with van der Waals surface area (Å²) in [7, 11) is 4.11. The number of hydrogen-bond acceptors (Lipinski definition) is 5. The van der Waals surface area contributed by atoms with Crippen molar-refractivity contribution in [1.82, 2.24) is 24.8 Å². The van der Waals surface area contributed by atoms with Gasteiger partial charge in [-0.15, -0.1) is 0 Å². The highest BCUT2D eigenvalue weighted by Crippen LogP contribution is 2.29. The summed E-state index contributed by atoms with van der Waals surface area (Å²) in [6, 6.07) is 12.0. The second-order valence-electron chi connectivity index (χ2n) is 9.70. The van der Waals surface area contributed by atoms with Crippen LogP contribution in [0.4, 0.5) is 5.82 Å². The van der Waals surface area contributed by atoms with E-state index in [1.54, 1.807) is 0 Å². The van der Waals surface area contributed by atoms with Gasteiger partial charge in [0, 0.05) is 85.5 Å². The molecule has 1 aliphatic rings. The number of aromatic amines is 1. The predicted molar refractivity (Wildman–Crippen MR) is 144 cm³/mol. The third kappa shape index (κ3) is 4.64. The van der Waals surface area contributed by atoms with Crippen molar-refractivity contribution in [3.63, 3.8) is 0 Å². The summed E-state index contributed by atoms with van der Waals surface area (Å²) in [6.07, 6.45) is 3.84. The van der Waals surface area contributed by atoms with E-state index in [1.165, 1.54) is 0 Å². The van der Waals surface area contributed by atoms with Gasteiger partial charge in [-0.3, -0.25) is 9.59 Å². The highest BCUT2D eigenvalue weighted by Gasteiger charge is 2.18. The Morgan fingerprint density at radius 2 is 1.81 bits per heavy atom. The fourth-order valence-electron chi connectivity index (χ4n) is 4.87. The van der Waals surface area contributed by atoms with Crippen molar-refractivity contribution in [2.75, 3.05) is 38.1 Å². The number of rotatable bonds is 5. The van der Waals surface area contributed by atoms with Gasteiger partial charge in [0.05, 0.1) is 0 Å². The monoisotopic (exact) mass is 484 g/mol. The number of anilines is 1. The lowest BCUT2D eigenvalue weighted by Gasteiger charge is -2.33. The molecule has 0 radical (unpaired) electrons. The third-order valence-corrected chi connectivity index (χ3v) is 7.08. The number of pyridine rings is 2. The molecule has 4 heterocycles. The summed E-state index contributed by atoms with van der Waals surface area (Å²) in [6.45, 7) is 7.89. The molecule has 4 aromatic rings. The summed E-state index contributed by atoms with van der Waals surface area (Å²) in [5.41, 5.74) is 5.49. The largest absolute Gasteiger partial charge is 0.354 e. The zero-order chi connectivity index (χ0) is 25.4. The van der Waals surface area contributed by atoms with E-state index in [1.807, 2.05) is 56.1 Å². The lowest BCUT2D eigenvalue weighted by atomic mass is 10.0. The zero-order valence-corrected chi connectivity index (χ0v) is 21.3. The van der Waals surface area contributed by atoms with Gasteiger partial charge in [-0.05, 0) is 68.4 Å². The molecule has 8 nitrogen and oxygen atoms in total. The van der Waals surface area contributed by atoms with E-state index >= 15 is 0 Å². The third-order valence-electron chi connectivity index (χ3n) is 7.08. The lowest BCUT2D eigenvalue weighted by Crippen LogP contribution is -2.44. The minimum atomic E-state index is -0.213. The minimum Gasteiger partial charge on any atom is -0.354 e. The van der Waals surface area contributed by atoms with Crippen LogP contribution < -0.4 is 15.8 Å². The number of carbonyl (C=O) groups is 1. The summed E-state index contributed by atoms with van der Waals surface area (Å²) in [5, 5.41) is 3.83. The Kier molecular flexibility index (Phi) is 6.36. The Balaban J connectivity index is 1.43. The lowest BCUT2D eigenvalue weighted by molar-refractivity contribution is 0.0952. The molecule has 1 amide bonds. The molecule has 0 atom stereocenters. The van der Waals surface area contributed by atoms with E-state index < -0.39 is 0 Å². The predicted octanol–water partition coefficient (Wildman–Crippen LogP) is 3.23. The first kappa shape index (κ1) is 23.8. The van der Waals surface area contributed by atoms with Gasteiger partial charge in [0.1, 0.15) is 5.82 Å². The standard InChI is InChI=1S/C28H32N6O2/c1-18-13-19(2)31-28(36)24(18)17-30-27(35)23-14-21(15-25-22(23)7-8-33(25)4)20-5-6-26(29-16-20)34-11-9-32(3)10-12-34/h5-8,13-16H,9-12,17H2,1-4H3,(H,30,35)(H,31,36). The number of carbonyl (C=O) groups excluding carboxylic acids is 1. The van der Waals surface area contributed by atoms with E-state index in [2.05, 4.69) is 45.3 Å². The molecule has 0 bridgehead atoms. The number of likely N-dealkylation sites (N-methyl/N-ethyl adjacent to an activating group) is 1. The number of benzene rings is 1. The molecule has 3 aromatic heterocycles. The number of aryl methyl sites for hydroxylation is 3. The zero-order valence-electron chi connectivity index (χ0n) is 21.3. The maximum absolute atomic E-state index is 13.3. The molecule has 5 rings (SSSR count). The maximum atomic E-state index is 13.3. The average Bonchev–Trinajstić information content (AvgIpc) is 3.24. The molecular weight excluding hydrogens is 452 g/mol.